The molecule has 4 aromatic rings. The van der Waals surface area contributed by atoms with Gasteiger partial charge in [0.2, 0.25) is 0 Å². The molecule has 4 aromatic carbocycles. The monoisotopic (exact) mass is 678 g/mol. The number of benzene rings is 4. The average molecular weight is 680 g/mol. The first-order valence-electron chi connectivity index (χ1n) is 13.1. The van der Waals surface area contributed by atoms with E-state index in [9.17, 15) is 14.4 Å². The maximum atomic E-state index is 13.4. The molecule has 0 saturated carbocycles. The quantitative estimate of drug-likeness (QED) is 0.150. The number of anilines is 1. The first-order valence-corrected chi connectivity index (χ1v) is 14.7. The molecule has 0 radical (unpaired) electrons. The van der Waals surface area contributed by atoms with Gasteiger partial charge in [0.1, 0.15) is 30.3 Å². The lowest BCUT2D eigenvalue weighted by Crippen LogP contribution is -2.54. The van der Waals surface area contributed by atoms with Crippen LogP contribution in [0, 0.1) is 13.8 Å². The number of ether oxygens (including phenoxy) is 2. The fourth-order valence-electron chi connectivity index (χ4n) is 4.59. The molecule has 10 heteroatoms. The second-order valence-corrected chi connectivity index (χ2v) is 11.6. The minimum atomic E-state index is -0.843. The summed E-state index contributed by atoms with van der Waals surface area (Å²) < 4.78 is 12.4. The van der Waals surface area contributed by atoms with Crippen LogP contribution in [0.2, 0.25) is 10.0 Å². The third kappa shape index (κ3) is 7.28. The normalized spacial score (nSPS) is 14.2. The zero-order valence-corrected chi connectivity index (χ0v) is 26.2. The van der Waals surface area contributed by atoms with Crippen LogP contribution in [0.1, 0.15) is 27.8 Å². The Balaban J connectivity index is 1.29. The van der Waals surface area contributed by atoms with Crippen molar-refractivity contribution in [2.75, 3.05) is 4.90 Å². The van der Waals surface area contributed by atoms with Gasteiger partial charge in [0.15, 0.2) is 0 Å². The highest BCUT2D eigenvalue weighted by molar-refractivity contribution is 9.10. The Hall–Kier alpha value is -4.11. The zero-order chi connectivity index (χ0) is 30.7. The molecule has 0 bridgehead atoms. The fourth-order valence-corrected chi connectivity index (χ4v) is 5.56. The molecular formula is C33H25BrCl2N2O5. The van der Waals surface area contributed by atoms with Crippen molar-refractivity contribution < 1.29 is 23.9 Å². The summed E-state index contributed by atoms with van der Waals surface area (Å²) in [4.78, 5) is 39.6. The van der Waals surface area contributed by atoms with Gasteiger partial charge in [-0.15, -0.1) is 0 Å². The number of aryl methyl sites for hydroxylation is 2. The van der Waals surface area contributed by atoms with Gasteiger partial charge in [-0.05, 0) is 95.5 Å². The van der Waals surface area contributed by atoms with Crippen LogP contribution in [-0.2, 0) is 22.8 Å². The van der Waals surface area contributed by atoms with Crippen molar-refractivity contribution in [2.45, 2.75) is 27.1 Å². The molecule has 1 aliphatic rings. The van der Waals surface area contributed by atoms with E-state index in [4.69, 9.17) is 32.7 Å². The molecular weight excluding hydrogens is 655 g/mol. The maximum Gasteiger partial charge on any atom is 0.335 e. The Morgan fingerprint density at radius 2 is 1.56 bits per heavy atom. The van der Waals surface area contributed by atoms with Gasteiger partial charge in [-0.1, -0.05) is 64.7 Å². The minimum Gasteiger partial charge on any atom is -0.489 e. The molecule has 1 N–H and O–H groups in total. The van der Waals surface area contributed by atoms with Gasteiger partial charge in [-0.3, -0.25) is 14.9 Å². The van der Waals surface area contributed by atoms with Gasteiger partial charge in [-0.2, -0.15) is 0 Å². The fraction of sp³-hybridized carbons (Fsp3) is 0.121. The van der Waals surface area contributed by atoms with Gasteiger partial charge < -0.3 is 9.47 Å². The van der Waals surface area contributed by atoms with Crippen LogP contribution in [0.15, 0.2) is 88.9 Å². The number of hydrogen-bond donors (Lipinski definition) is 1. The van der Waals surface area contributed by atoms with E-state index in [1.54, 1.807) is 60.7 Å². The molecule has 218 valence electrons. The van der Waals surface area contributed by atoms with Gasteiger partial charge >= 0.3 is 6.03 Å². The number of urea groups is 1. The molecule has 0 spiro atoms. The van der Waals surface area contributed by atoms with Gasteiger partial charge in [0.05, 0.1) is 10.2 Å². The number of carbonyl (C=O) groups is 3. The van der Waals surface area contributed by atoms with Crippen LogP contribution in [0.5, 0.6) is 11.5 Å². The van der Waals surface area contributed by atoms with Crippen molar-refractivity contribution in [3.05, 3.63) is 127 Å². The van der Waals surface area contributed by atoms with E-state index in [-0.39, 0.29) is 17.9 Å². The molecule has 1 saturated heterocycles. The number of carbonyl (C=O) groups excluding carboxylic acids is 3. The van der Waals surface area contributed by atoms with Crippen LogP contribution in [0.3, 0.4) is 0 Å². The molecule has 1 aliphatic heterocycles. The number of hydrogen-bond acceptors (Lipinski definition) is 5. The first-order chi connectivity index (χ1) is 20.6. The van der Waals surface area contributed by atoms with Crippen molar-refractivity contribution >= 4 is 68.7 Å². The number of nitrogens with one attached hydrogen (secondary N) is 1. The Morgan fingerprint density at radius 1 is 0.837 bits per heavy atom. The number of barbiturate groups is 1. The number of nitrogens with zero attached hydrogens (tertiary/aromatic N) is 1. The summed E-state index contributed by atoms with van der Waals surface area (Å²) >= 11 is 15.7. The number of rotatable bonds is 8. The summed E-state index contributed by atoms with van der Waals surface area (Å²) in [7, 11) is 0. The summed E-state index contributed by atoms with van der Waals surface area (Å²) in [6.45, 7) is 4.66. The summed E-state index contributed by atoms with van der Waals surface area (Å²) in [5.74, 6) is -0.423. The zero-order valence-electron chi connectivity index (χ0n) is 23.1. The molecule has 1 heterocycles. The third-order valence-electron chi connectivity index (χ3n) is 6.55. The topological polar surface area (TPSA) is 84.9 Å². The molecule has 5 rings (SSSR count). The molecule has 7 nitrogen and oxygen atoms in total. The molecule has 0 unspecified atom stereocenters. The Labute approximate surface area is 267 Å². The number of amides is 4. The third-order valence-corrected chi connectivity index (χ3v) is 7.76. The van der Waals surface area contributed by atoms with Crippen molar-refractivity contribution in [2.24, 2.45) is 0 Å². The number of imide groups is 2. The molecule has 43 heavy (non-hydrogen) atoms. The van der Waals surface area contributed by atoms with Crippen LogP contribution in [-0.4, -0.2) is 17.8 Å². The molecule has 1 fully saturated rings. The van der Waals surface area contributed by atoms with Crippen LogP contribution >= 0.6 is 39.1 Å². The lowest BCUT2D eigenvalue weighted by atomic mass is 10.1. The SMILES string of the molecule is Cc1cc(C)cc(COc2ccc(/C=C3\C(=O)NC(=O)N(c4ccc(OCc5ccc(Cl)cc5Cl)cc4)C3=O)cc2Br)c1. The summed E-state index contributed by atoms with van der Waals surface area (Å²) in [5, 5.41) is 3.25. The first kappa shape index (κ1) is 30.4. The average Bonchev–Trinajstić information content (AvgIpc) is 2.94. The Morgan fingerprint density at radius 3 is 2.23 bits per heavy atom. The predicted octanol–water partition coefficient (Wildman–Crippen LogP) is 8.20. The van der Waals surface area contributed by atoms with E-state index < -0.39 is 17.8 Å². The standard InChI is InChI=1S/C33H25BrCl2N2O5/c1-19-11-20(2)13-22(12-19)17-43-30-10-3-21(15-28(30)34)14-27-31(39)37-33(41)38(32(27)40)25-6-8-26(9-7-25)42-18-23-4-5-24(35)16-29(23)36/h3-16H,17-18H2,1-2H3,(H,37,39,41)/b27-14+. The van der Waals surface area contributed by atoms with E-state index in [1.165, 1.54) is 6.08 Å². The van der Waals surface area contributed by atoms with E-state index in [2.05, 4.69) is 39.4 Å². The van der Waals surface area contributed by atoms with Crippen LogP contribution in [0.4, 0.5) is 10.5 Å². The summed E-state index contributed by atoms with van der Waals surface area (Å²) in [6, 6.07) is 22.1. The minimum absolute atomic E-state index is 0.187. The second kappa shape index (κ2) is 13.0. The lowest BCUT2D eigenvalue weighted by molar-refractivity contribution is -0.122. The second-order valence-electron chi connectivity index (χ2n) is 9.95. The highest BCUT2D eigenvalue weighted by atomic mass is 79.9. The summed E-state index contributed by atoms with van der Waals surface area (Å²) in [5.41, 5.74) is 4.78. The van der Waals surface area contributed by atoms with Crippen molar-refractivity contribution in [3.63, 3.8) is 0 Å². The van der Waals surface area contributed by atoms with Crippen LogP contribution < -0.4 is 19.7 Å². The Kier molecular flexibility index (Phi) is 9.20. The van der Waals surface area contributed by atoms with E-state index >= 15 is 0 Å². The highest BCUT2D eigenvalue weighted by Gasteiger charge is 2.36. The lowest BCUT2D eigenvalue weighted by Gasteiger charge is -2.26. The van der Waals surface area contributed by atoms with Gasteiger partial charge in [0.25, 0.3) is 11.8 Å². The van der Waals surface area contributed by atoms with Crippen molar-refractivity contribution in [3.8, 4) is 11.5 Å². The Bertz CT molecular complexity index is 1750. The molecule has 4 amide bonds. The van der Waals surface area contributed by atoms with E-state index in [0.29, 0.717) is 38.2 Å². The van der Waals surface area contributed by atoms with Crippen molar-refractivity contribution in [1.29, 1.82) is 0 Å². The molecule has 0 aromatic heterocycles. The highest BCUT2D eigenvalue weighted by Crippen LogP contribution is 2.30. The molecule has 0 aliphatic carbocycles. The summed E-state index contributed by atoms with van der Waals surface area (Å²) in [6.07, 6.45) is 1.43. The van der Waals surface area contributed by atoms with E-state index in [1.807, 2.05) is 13.8 Å². The maximum absolute atomic E-state index is 13.4. The van der Waals surface area contributed by atoms with E-state index in [0.717, 1.165) is 27.2 Å². The largest absolute Gasteiger partial charge is 0.489 e. The predicted molar refractivity (Wildman–Crippen MR) is 171 cm³/mol. The molecule has 0 atom stereocenters. The van der Waals surface area contributed by atoms with Gasteiger partial charge in [-0.25, -0.2) is 9.69 Å². The van der Waals surface area contributed by atoms with Crippen LogP contribution in [0.25, 0.3) is 6.08 Å². The smallest absolute Gasteiger partial charge is 0.335 e. The number of halogens is 3. The van der Waals surface area contributed by atoms with Crippen molar-refractivity contribution in [1.82, 2.24) is 5.32 Å². The van der Waals surface area contributed by atoms with Gasteiger partial charge in [0, 0.05) is 15.6 Å².